The van der Waals surface area contributed by atoms with Crippen LogP contribution in [0.2, 0.25) is 0 Å². The van der Waals surface area contributed by atoms with E-state index in [0.717, 1.165) is 0 Å². The summed E-state index contributed by atoms with van der Waals surface area (Å²) in [5, 5.41) is 11.0. The number of carbonyl (C=O) groups excluding carboxylic acids is 1. The summed E-state index contributed by atoms with van der Waals surface area (Å²) in [6, 6.07) is 0. The maximum atomic E-state index is 11.1. The maximum absolute atomic E-state index is 11.1. The average Bonchev–Trinajstić information content (AvgIpc) is 2.24. The lowest BCUT2D eigenvalue weighted by Gasteiger charge is -2.02. The summed E-state index contributed by atoms with van der Waals surface area (Å²) < 4.78 is 4.96. The molecular formula is C11H17NO3. The highest BCUT2D eigenvalue weighted by molar-refractivity contribution is 5.87. The molecule has 0 heterocycles. The molecule has 0 fully saturated rings. The number of rotatable bonds is 8. The molecule has 0 unspecified atom stereocenters. The Kier molecular flexibility index (Phi) is 9.70. The Morgan fingerprint density at radius 3 is 2.80 bits per heavy atom. The van der Waals surface area contributed by atoms with Gasteiger partial charge in [-0.2, -0.15) is 0 Å². The predicted octanol–water partition coefficient (Wildman–Crippen LogP) is 0.410. The molecule has 0 saturated heterocycles. The van der Waals surface area contributed by atoms with Gasteiger partial charge < -0.3 is 15.2 Å². The third-order valence-electron chi connectivity index (χ3n) is 1.39. The molecule has 0 rings (SSSR count). The minimum Gasteiger partial charge on any atom is -0.394 e. The highest BCUT2D eigenvalue weighted by Gasteiger charge is 1.92. The minimum atomic E-state index is -0.170. The molecule has 0 aromatic rings. The van der Waals surface area contributed by atoms with Crippen molar-refractivity contribution in [3.05, 3.63) is 37.0 Å². The van der Waals surface area contributed by atoms with Gasteiger partial charge in [-0.25, -0.2) is 0 Å². The van der Waals surface area contributed by atoms with Gasteiger partial charge in [0.25, 0.3) is 0 Å². The summed E-state index contributed by atoms with van der Waals surface area (Å²) in [5.41, 5.74) is 0. The molecule has 0 atom stereocenters. The van der Waals surface area contributed by atoms with Crippen molar-refractivity contribution < 1.29 is 14.6 Å². The van der Waals surface area contributed by atoms with E-state index in [4.69, 9.17) is 9.84 Å². The lowest BCUT2D eigenvalue weighted by Crippen LogP contribution is -2.25. The van der Waals surface area contributed by atoms with Gasteiger partial charge in [-0.15, -0.1) is 0 Å². The molecule has 0 aromatic heterocycles. The fraction of sp³-hybridized carbons (Fsp3) is 0.364. The first-order chi connectivity index (χ1) is 7.31. The van der Waals surface area contributed by atoms with E-state index >= 15 is 0 Å². The van der Waals surface area contributed by atoms with Crippen LogP contribution in [-0.4, -0.2) is 37.4 Å². The molecule has 84 valence electrons. The van der Waals surface area contributed by atoms with E-state index in [-0.39, 0.29) is 12.5 Å². The Bertz CT molecular complexity index is 234. The third-order valence-corrected chi connectivity index (χ3v) is 1.39. The van der Waals surface area contributed by atoms with Crippen molar-refractivity contribution in [2.75, 3.05) is 26.4 Å². The van der Waals surface area contributed by atoms with Gasteiger partial charge in [-0.1, -0.05) is 30.9 Å². The number of hydrogen-bond donors (Lipinski definition) is 2. The van der Waals surface area contributed by atoms with Crippen LogP contribution >= 0.6 is 0 Å². The number of ether oxygens (including phenoxy) is 1. The number of hydrogen-bond acceptors (Lipinski definition) is 3. The Balaban J connectivity index is 3.44. The first-order valence-electron chi connectivity index (χ1n) is 4.73. The lowest BCUT2D eigenvalue weighted by molar-refractivity contribution is -0.116. The molecule has 0 saturated carbocycles. The van der Waals surface area contributed by atoms with E-state index in [1.54, 1.807) is 24.3 Å². The highest BCUT2D eigenvalue weighted by Crippen LogP contribution is 1.79. The molecule has 0 aliphatic carbocycles. The summed E-state index contributed by atoms with van der Waals surface area (Å²) in [6.07, 6.45) is 8.13. The fourth-order valence-electron chi connectivity index (χ4n) is 0.758. The van der Waals surface area contributed by atoms with Crippen LogP contribution < -0.4 is 5.32 Å². The second kappa shape index (κ2) is 10.7. The van der Waals surface area contributed by atoms with Crippen molar-refractivity contribution in [1.82, 2.24) is 5.32 Å². The first kappa shape index (κ1) is 13.6. The first-order valence-corrected chi connectivity index (χ1v) is 4.73. The van der Waals surface area contributed by atoms with E-state index in [1.165, 1.54) is 6.08 Å². The van der Waals surface area contributed by atoms with E-state index in [2.05, 4.69) is 11.9 Å². The third kappa shape index (κ3) is 10.5. The number of allylic oxidation sites excluding steroid dienone is 4. The molecule has 4 nitrogen and oxygen atoms in total. The second-order valence-corrected chi connectivity index (χ2v) is 2.61. The fourth-order valence-corrected chi connectivity index (χ4v) is 0.758. The normalized spacial score (nSPS) is 11.0. The van der Waals surface area contributed by atoms with Crippen molar-refractivity contribution in [2.45, 2.75) is 0 Å². The number of aliphatic hydroxyl groups is 1. The second-order valence-electron chi connectivity index (χ2n) is 2.61. The van der Waals surface area contributed by atoms with E-state index in [1.807, 2.05) is 0 Å². The molecule has 0 spiro atoms. The van der Waals surface area contributed by atoms with E-state index in [9.17, 15) is 4.79 Å². The van der Waals surface area contributed by atoms with Crippen molar-refractivity contribution in [3.63, 3.8) is 0 Å². The van der Waals surface area contributed by atoms with E-state index in [0.29, 0.717) is 19.8 Å². The molecule has 0 aliphatic rings. The van der Waals surface area contributed by atoms with Gasteiger partial charge in [0, 0.05) is 12.6 Å². The zero-order chi connectivity index (χ0) is 11.4. The number of amides is 1. The Morgan fingerprint density at radius 2 is 2.13 bits per heavy atom. The van der Waals surface area contributed by atoms with Gasteiger partial charge >= 0.3 is 0 Å². The van der Waals surface area contributed by atoms with Crippen molar-refractivity contribution in [1.29, 1.82) is 0 Å². The standard InChI is InChI=1S/C11H17NO3/c1-2-3-4-5-6-11(14)12-7-9-15-10-8-13/h2-6,13H,1,7-10H2,(H,12,14)/b4-3-,6-5+. The van der Waals surface area contributed by atoms with Gasteiger partial charge in [-0.3, -0.25) is 4.79 Å². The van der Waals surface area contributed by atoms with Gasteiger partial charge in [0.15, 0.2) is 0 Å². The molecular weight excluding hydrogens is 194 g/mol. The van der Waals surface area contributed by atoms with Crippen molar-refractivity contribution >= 4 is 5.91 Å². The smallest absolute Gasteiger partial charge is 0.244 e. The van der Waals surface area contributed by atoms with Crippen LogP contribution in [0, 0.1) is 0 Å². The Hall–Kier alpha value is -1.39. The molecule has 0 aromatic carbocycles. The molecule has 0 radical (unpaired) electrons. The number of aliphatic hydroxyl groups excluding tert-OH is 1. The summed E-state index contributed by atoms with van der Waals surface area (Å²) in [5.74, 6) is -0.170. The molecule has 4 heteroatoms. The maximum Gasteiger partial charge on any atom is 0.244 e. The van der Waals surface area contributed by atoms with E-state index < -0.39 is 0 Å². The minimum absolute atomic E-state index is 0.000196. The molecule has 0 aliphatic heterocycles. The zero-order valence-corrected chi connectivity index (χ0v) is 8.69. The van der Waals surface area contributed by atoms with Crippen LogP contribution in [0.3, 0.4) is 0 Å². The number of nitrogens with one attached hydrogen (secondary N) is 1. The molecule has 1 amide bonds. The summed E-state index contributed by atoms with van der Waals surface area (Å²) in [6.45, 7) is 4.64. The van der Waals surface area contributed by atoms with Crippen molar-refractivity contribution in [3.8, 4) is 0 Å². The average molecular weight is 211 g/mol. The van der Waals surface area contributed by atoms with Crippen LogP contribution in [0.4, 0.5) is 0 Å². The van der Waals surface area contributed by atoms with Crippen molar-refractivity contribution in [2.24, 2.45) is 0 Å². The van der Waals surface area contributed by atoms with Crippen LogP contribution in [0.5, 0.6) is 0 Å². The summed E-state index contributed by atoms with van der Waals surface area (Å²) in [4.78, 5) is 11.1. The predicted molar refractivity (Wildman–Crippen MR) is 59.4 cm³/mol. The molecule has 0 bridgehead atoms. The Morgan fingerprint density at radius 1 is 1.33 bits per heavy atom. The topological polar surface area (TPSA) is 58.6 Å². The molecule has 15 heavy (non-hydrogen) atoms. The van der Waals surface area contributed by atoms with Gasteiger partial charge in [0.1, 0.15) is 0 Å². The summed E-state index contributed by atoms with van der Waals surface area (Å²) >= 11 is 0. The zero-order valence-electron chi connectivity index (χ0n) is 8.69. The highest BCUT2D eigenvalue weighted by atomic mass is 16.5. The quantitative estimate of drug-likeness (QED) is 0.347. The summed E-state index contributed by atoms with van der Waals surface area (Å²) in [7, 11) is 0. The molecule has 2 N–H and O–H groups in total. The Labute approximate surface area is 89.9 Å². The largest absolute Gasteiger partial charge is 0.394 e. The monoisotopic (exact) mass is 211 g/mol. The van der Waals surface area contributed by atoms with Gasteiger partial charge in [-0.05, 0) is 0 Å². The lowest BCUT2D eigenvalue weighted by atomic mass is 10.4. The SMILES string of the molecule is C=C/C=C\C=C\C(=O)NCCOCCO. The van der Waals surface area contributed by atoms with Gasteiger partial charge in [0.2, 0.25) is 5.91 Å². The van der Waals surface area contributed by atoms with Crippen LogP contribution in [0.15, 0.2) is 37.0 Å². The van der Waals surface area contributed by atoms with Crippen LogP contribution in [0.1, 0.15) is 0 Å². The van der Waals surface area contributed by atoms with Crippen LogP contribution in [-0.2, 0) is 9.53 Å². The number of carbonyl (C=O) groups is 1. The van der Waals surface area contributed by atoms with Crippen LogP contribution in [0.25, 0.3) is 0 Å². The van der Waals surface area contributed by atoms with Gasteiger partial charge in [0.05, 0.1) is 19.8 Å².